The zero-order valence-electron chi connectivity index (χ0n) is 13.4. The SMILES string of the molecule is O=C(O)N1CC[C@@H](Nc2cccc3c2cc(I)n3CC(F)(F)F)[C@@H](F)C1. The fraction of sp³-hybridized carbons (Fsp3) is 0.438. The van der Waals surface area contributed by atoms with Crippen molar-refractivity contribution in [3.63, 3.8) is 0 Å². The van der Waals surface area contributed by atoms with E-state index in [-0.39, 0.29) is 19.5 Å². The molecule has 3 rings (SSSR count). The largest absolute Gasteiger partial charge is 0.465 e. The minimum Gasteiger partial charge on any atom is -0.465 e. The Bertz CT molecular complexity index is 824. The molecule has 1 amide bonds. The molecule has 1 aliphatic rings. The van der Waals surface area contributed by atoms with Gasteiger partial charge in [-0.25, -0.2) is 9.18 Å². The van der Waals surface area contributed by atoms with Crippen LogP contribution in [0, 0.1) is 3.70 Å². The molecular formula is C16H16F4IN3O2. The lowest BCUT2D eigenvalue weighted by Crippen LogP contribution is -2.49. The highest BCUT2D eigenvalue weighted by Crippen LogP contribution is 2.32. The van der Waals surface area contributed by atoms with Gasteiger partial charge >= 0.3 is 12.3 Å². The molecule has 2 atom stereocenters. The first-order chi connectivity index (χ1) is 12.2. The number of carboxylic acid groups (broad SMARTS) is 1. The van der Waals surface area contributed by atoms with Crippen LogP contribution in [0.2, 0.25) is 0 Å². The predicted molar refractivity (Wildman–Crippen MR) is 97.2 cm³/mol. The minimum absolute atomic E-state index is 0.204. The molecule has 0 bridgehead atoms. The maximum Gasteiger partial charge on any atom is 0.407 e. The van der Waals surface area contributed by atoms with Crippen LogP contribution in [-0.2, 0) is 6.54 Å². The first-order valence-corrected chi connectivity index (χ1v) is 8.96. The first-order valence-electron chi connectivity index (χ1n) is 7.88. The molecule has 1 aromatic carbocycles. The number of aromatic nitrogens is 1. The van der Waals surface area contributed by atoms with Gasteiger partial charge in [0.2, 0.25) is 0 Å². The smallest absolute Gasteiger partial charge is 0.407 e. The van der Waals surface area contributed by atoms with Crippen molar-refractivity contribution in [3.05, 3.63) is 28.0 Å². The van der Waals surface area contributed by atoms with Crippen molar-refractivity contribution in [2.75, 3.05) is 18.4 Å². The van der Waals surface area contributed by atoms with Crippen molar-refractivity contribution in [3.8, 4) is 0 Å². The number of carbonyl (C=O) groups is 1. The van der Waals surface area contributed by atoms with E-state index in [1.807, 2.05) is 22.6 Å². The van der Waals surface area contributed by atoms with Crippen LogP contribution in [0.15, 0.2) is 24.3 Å². The van der Waals surface area contributed by atoms with Gasteiger partial charge in [0.1, 0.15) is 12.7 Å². The quantitative estimate of drug-likeness (QED) is 0.504. The second kappa shape index (κ2) is 7.12. The number of nitrogens with one attached hydrogen (secondary N) is 1. The van der Waals surface area contributed by atoms with Gasteiger partial charge in [-0.05, 0) is 47.2 Å². The van der Waals surface area contributed by atoms with E-state index in [4.69, 9.17) is 5.11 Å². The van der Waals surface area contributed by atoms with Gasteiger partial charge in [-0.2, -0.15) is 13.2 Å². The molecule has 5 nitrogen and oxygen atoms in total. The summed E-state index contributed by atoms with van der Waals surface area (Å²) in [4.78, 5) is 12.0. The Hall–Kier alpha value is -1.72. The highest BCUT2D eigenvalue weighted by molar-refractivity contribution is 14.1. The maximum absolute atomic E-state index is 14.3. The van der Waals surface area contributed by atoms with Crippen LogP contribution in [0.4, 0.5) is 28.0 Å². The molecule has 10 heteroatoms. The van der Waals surface area contributed by atoms with Gasteiger partial charge in [0, 0.05) is 17.6 Å². The summed E-state index contributed by atoms with van der Waals surface area (Å²) in [5.41, 5.74) is 0.952. The first kappa shape index (κ1) is 19.1. The molecule has 2 N–H and O–H groups in total. The summed E-state index contributed by atoms with van der Waals surface area (Å²) in [5.74, 6) is 0. The molecule has 1 aromatic heterocycles. The molecule has 0 aliphatic carbocycles. The summed E-state index contributed by atoms with van der Waals surface area (Å²) in [6, 6.07) is 5.93. The molecule has 26 heavy (non-hydrogen) atoms. The fourth-order valence-electron chi connectivity index (χ4n) is 3.16. The number of nitrogens with zero attached hydrogens (tertiary/aromatic N) is 2. The van der Waals surface area contributed by atoms with Gasteiger partial charge in [-0.15, -0.1) is 0 Å². The molecule has 2 aromatic rings. The standard InChI is InChI=1S/C16H16F4IN3O2/c17-10-7-23(15(25)26)5-4-12(10)22-11-2-1-3-13-9(11)6-14(21)24(13)8-16(18,19)20/h1-3,6,10,12,22H,4-5,7-8H2,(H,25,26)/t10-,12+/m0/s1. The molecule has 0 spiro atoms. The number of alkyl halides is 4. The fourth-order valence-corrected chi connectivity index (χ4v) is 3.90. The van der Waals surface area contributed by atoms with Crippen molar-refractivity contribution in [2.45, 2.75) is 31.4 Å². The van der Waals surface area contributed by atoms with Crippen molar-refractivity contribution in [1.82, 2.24) is 9.47 Å². The summed E-state index contributed by atoms with van der Waals surface area (Å²) in [6.07, 6.45) is -6.62. The van der Waals surface area contributed by atoms with Crippen LogP contribution >= 0.6 is 22.6 Å². The molecule has 0 unspecified atom stereocenters. The summed E-state index contributed by atoms with van der Waals surface area (Å²) >= 11 is 1.84. The Morgan fingerprint density at radius 1 is 1.38 bits per heavy atom. The number of piperidine rings is 1. The third kappa shape index (κ3) is 3.99. The van der Waals surface area contributed by atoms with Crippen molar-refractivity contribution < 1.29 is 27.5 Å². The van der Waals surface area contributed by atoms with Crippen LogP contribution in [0.1, 0.15) is 6.42 Å². The topological polar surface area (TPSA) is 57.5 Å². The molecule has 2 heterocycles. The van der Waals surface area contributed by atoms with Gasteiger partial charge in [0.25, 0.3) is 0 Å². The number of hydrogen-bond acceptors (Lipinski definition) is 2. The van der Waals surface area contributed by atoms with Crippen LogP contribution < -0.4 is 5.32 Å². The number of amides is 1. The average Bonchev–Trinajstić information content (AvgIpc) is 2.85. The summed E-state index contributed by atoms with van der Waals surface area (Å²) in [5, 5.41) is 12.6. The predicted octanol–water partition coefficient (Wildman–Crippen LogP) is 4.31. The number of likely N-dealkylation sites (tertiary alicyclic amines) is 1. The van der Waals surface area contributed by atoms with Crippen LogP contribution in [0.3, 0.4) is 0 Å². The number of halogens is 5. The third-order valence-electron chi connectivity index (χ3n) is 4.39. The van der Waals surface area contributed by atoms with Gasteiger partial charge in [0.15, 0.2) is 0 Å². The van der Waals surface area contributed by atoms with Crippen LogP contribution in [0.5, 0.6) is 0 Å². The van der Waals surface area contributed by atoms with E-state index in [0.717, 1.165) is 4.90 Å². The molecule has 142 valence electrons. The lowest BCUT2D eigenvalue weighted by atomic mass is 10.0. The number of fused-ring (bicyclic) bond motifs is 1. The molecule has 1 fully saturated rings. The van der Waals surface area contributed by atoms with E-state index in [1.165, 1.54) is 4.57 Å². The van der Waals surface area contributed by atoms with E-state index in [9.17, 15) is 22.4 Å². The third-order valence-corrected chi connectivity index (χ3v) is 5.28. The minimum atomic E-state index is -4.34. The second-order valence-corrected chi connectivity index (χ2v) is 7.30. The Morgan fingerprint density at radius 3 is 2.73 bits per heavy atom. The van der Waals surface area contributed by atoms with Crippen molar-refractivity contribution in [2.24, 2.45) is 0 Å². The van der Waals surface area contributed by atoms with Gasteiger partial charge < -0.3 is 19.9 Å². The maximum atomic E-state index is 14.3. The highest BCUT2D eigenvalue weighted by Gasteiger charge is 2.32. The van der Waals surface area contributed by atoms with E-state index in [1.54, 1.807) is 24.3 Å². The Balaban J connectivity index is 1.85. The molecule has 0 radical (unpaired) electrons. The second-order valence-electron chi connectivity index (χ2n) is 6.19. The number of rotatable bonds is 3. The van der Waals surface area contributed by atoms with E-state index < -0.39 is 31.0 Å². The molecular weight excluding hydrogens is 469 g/mol. The van der Waals surface area contributed by atoms with Crippen molar-refractivity contribution in [1.29, 1.82) is 0 Å². The molecule has 1 saturated heterocycles. The lowest BCUT2D eigenvalue weighted by molar-refractivity contribution is -0.140. The zero-order valence-corrected chi connectivity index (χ0v) is 15.6. The lowest BCUT2D eigenvalue weighted by Gasteiger charge is -2.34. The van der Waals surface area contributed by atoms with E-state index in [0.29, 0.717) is 20.3 Å². The van der Waals surface area contributed by atoms with Gasteiger partial charge in [-0.1, -0.05) is 6.07 Å². The Morgan fingerprint density at radius 2 is 2.12 bits per heavy atom. The van der Waals surface area contributed by atoms with Gasteiger partial charge in [0.05, 0.1) is 21.8 Å². The van der Waals surface area contributed by atoms with E-state index in [2.05, 4.69) is 5.32 Å². The van der Waals surface area contributed by atoms with Crippen LogP contribution in [-0.4, -0.2) is 52.1 Å². The Labute approximate surface area is 160 Å². The van der Waals surface area contributed by atoms with Crippen molar-refractivity contribution >= 4 is 45.3 Å². The van der Waals surface area contributed by atoms with Crippen LogP contribution in [0.25, 0.3) is 10.9 Å². The number of benzene rings is 1. The summed E-state index contributed by atoms with van der Waals surface area (Å²) in [6.45, 7) is -1.12. The van der Waals surface area contributed by atoms with E-state index >= 15 is 0 Å². The highest BCUT2D eigenvalue weighted by atomic mass is 127. The monoisotopic (exact) mass is 485 g/mol. The summed E-state index contributed by atoms with van der Waals surface area (Å²) in [7, 11) is 0. The Kier molecular flexibility index (Phi) is 5.22. The molecule has 0 saturated carbocycles. The molecule has 1 aliphatic heterocycles. The normalized spacial score (nSPS) is 21.2. The number of hydrogen-bond donors (Lipinski definition) is 2. The summed E-state index contributed by atoms with van der Waals surface area (Å²) < 4.78 is 54.4. The zero-order chi connectivity index (χ0) is 19.1. The average molecular weight is 485 g/mol. The van der Waals surface area contributed by atoms with Gasteiger partial charge in [-0.3, -0.25) is 0 Å². The number of anilines is 1.